The third-order valence-electron chi connectivity index (χ3n) is 3.60. The van der Waals surface area contributed by atoms with E-state index in [4.69, 9.17) is 11.6 Å². The zero-order valence-electron chi connectivity index (χ0n) is 14.1. The second-order valence-electron chi connectivity index (χ2n) is 5.82. The molecular formula is C17H30ClN3. The minimum atomic E-state index is 0.426. The van der Waals surface area contributed by atoms with Crippen LogP contribution in [0.4, 0.5) is 5.69 Å². The molecular weight excluding hydrogens is 282 g/mol. The Morgan fingerprint density at radius 3 is 2.52 bits per heavy atom. The fourth-order valence-electron chi connectivity index (χ4n) is 2.74. The van der Waals surface area contributed by atoms with Gasteiger partial charge in [-0.05, 0) is 52.5 Å². The van der Waals surface area contributed by atoms with Crippen molar-refractivity contribution in [2.75, 3.05) is 38.6 Å². The lowest BCUT2D eigenvalue weighted by Gasteiger charge is -2.34. The van der Waals surface area contributed by atoms with Gasteiger partial charge in [-0.3, -0.25) is 0 Å². The van der Waals surface area contributed by atoms with Crippen molar-refractivity contribution in [3.63, 3.8) is 0 Å². The van der Waals surface area contributed by atoms with E-state index in [1.54, 1.807) is 0 Å². The highest BCUT2D eigenvalue weighted by atomic mass is 35.5. The molecule has 0 bridgehead atoms. The van der Waals surface area contributed by atoms with Crippen molar-refractivity contribution < 1.29 is 0 Å². The number of nitrogens with zero attached hydrogens (tertiary/aromatic N) is 2. The maximum absolute atomic E-state index is 6.51. The Kier molecular flexibility index (Phi) is 8.09. The second-order valence-corrected chi connectivity index (χ2v) is 6.23. The van der Waals surface area contributed by atoms with Gasteiger partial charge < -0.3 is 15.1 Å². The summed E-state index contributed by atoms with van der Waals surface area (Å²) >= 11 is 6.51. The Hall–Kier alpha value is -0.770. The van der Waals surface area contributed by atoms with Crippen LogP contribution < -0.4 is 10.2 Å². The molecule has 21 heavy (non-hydrogen) atoms. The zero-order valence-corrected chi connectivity index (χ0v) is 14.9. The van der Waals surface area contributed by atoms with Crippen molar-refractivity contribution in [1.82, 2.24) is 10.2 Å². The molecule has 1 aromatic carbocycles. The van der Waals surface area contributed by atoms with Gasteiger partial charge in [0.05, 0.1) is 10.7 Å². The predicted octanol–water partition coefficient (Wildman–Crippen LogP) is 3.62. The molecule has 1 unspecified atom stereocenters. The fourth-order valence-corrected chi connectivity index (χ4v) is 3.04. The van der Waals surface area contributed by atoms with Crippen molar-refractivity contribution >= 4 is 17.3 Å². The van der Waals surface area contributed by atoms with Crippen LogP contribution in [0.15, 0.2) is 18.2 Å². The molecule has 3 nitrogen and oxygen atoms in total. The van der Waals surface area contributed by atoms with Gasteiger partial charge in [-0.2, -0.15) is 0 Å². The summed E-state index contributed by atoms with van der Waals surface area (Å²) in [4.78, 5) is 4.63. The first-order chi connectivity index (χ1) is 10.0. The molecule has 1 N–H and O–H groups in total. The largest absolute Gasteiger partial charge is 0.366 e. The van der Waals surface area contributed by atoms with E-state index < -0.39 is 0 Å². The maximum Gasteiger partial charge on any atom is 0.0643 e. The van der Waals surface area contributed by atoms with Crippen LogP contribution in [-0.4, -0.2) is 44.7 Å². The molecule has 0 radical (unpaired) electrons. The smallest absolute Gasteiger partial charge is 0.0643 e. The van der Waals surface area contributed by atoms with E-state index in [0.29, 0.717) is 6.04 Å². The van der Waals surface area contributed by atoms with Gasteiger partial charge in [0, 0.05) is 25.7 Å². The van der Waals surface area contributed by atoms with Gasteiger partial charge in [0.2, 0.25) is 0 Å². The van der Waals surface area contributed by atoms with Gasteiger partial charge in [-0.15, -0.1) is 0 Å². The summed E-state index contributed by atoms with van der Waals surface area (Å²) < 4.78 is 0. The molecule has 1 atom stereocenters. The van der Waals surface area contributed by atoms with E-state index in [2.05, 4.69) is 56.0 Å². The molecule has 0 heterocycles. The number of hydrogen-bond donors (Lipinski definition) is 1. The molecule has 0 saturated heterocycles. The highest BCUT2D eigenvalue weighted by Gasteiger charge is 2.19. The number of nitrogens with one attached hydrogen (secondary N) is 1. The summed E-state index contributed by atoms with van der Waals surface area (Å²) in [6.45, 7) is 10.5. The highest BCUT2D eigenvalue weighted by Crippen LogP contribution is 2.31. The van der Waals surface area contributed by atoms with Crippen LogP contribution in [0.25, 0.3) is 0 Å². The minimum absolute atomic E-state index is 0.426. The second kappa shape index (κ2) is 9.29. The van der Waals surface area contributed by atoms with E-state index in [1.165, 1.54) is 11.3 Å². The van der Waals surface area contributed by atoms with Crippen LogP contribution in [-0.2, 0) is 6.54 Å². The van der Waals surface area contributed by atoms with Crippen LogP contribution in [0, 0.1) is 0 Å². The normalized spacial score (nSPS) is 12.7. The maximum atomic E-state index is 6.51. The van der Waals surface area contributed by atoms with Crippen LogP contribution in [0.2, 0.25) is 5.02 Å². The summed E-state index contributed by atoms with van der Waals surface area (Å²) in [5, 5.41) is 4.33. The Bertz CT molecular complexity index is 420. The van der Waals surface area contributed by atoms with E-state index in [0.717, 1.165) is 37.6 Å². The van der Waals surface area contributed by atoms with Gasteiger partial charge in [0.25, 0.3) is 0 Å². The first-order valence-electron chi connectivity index (χ1n) is 7.90. The lowest BCUT2D eigenvalue weighted by atomic mass is 10.1. The fraction of sp³-hybridized carbons (Fsp3) is 0.647. The molecule has 0 aliphatic rings. The average molecular weight is 312 g/mol. The number of benzene rings is 1. The highest BCUT2D eigenvalue weighted by molar-refractivity contribution is 6.33. The van der Waals surface area contributed by atoms with Gasteiger partial charge in [-0.25, -0.2) is 0 Å². The Morgan fingerprint density at radius 2 is 1.95 bits per heavy atom. The van der Waals surface area contributed by atoms with Crippen molar-refractivity contribution in [2.24, 2.45) is 0 Å². The van der Waals surface area contributed by atoms with Crippen LogP contribution >= 0.6 is 11.6 Å². The zero-order chi connectivity index (χ0) is 15.8. The lowest BCUT2D eigenvalue weighted by molar-refractivity contribution is 0.372. The SMILES string of the molecule is CCCNCc1cccc(Cl)c1N(CC)C(C)CN(C)C. The van der Waals surface area contributed by atoms with Crippen molar-refractivity contribution in [2.45, 2.75) is 39.8 Å². The number of halogens is 1. The minimum Gasteiger partial charge on any atom is -0.366 e. The van der Waals surface area contributed by atoms with E-state index in [9.17, 15) is 0 Å². The van der Waals surface area contributed by atoms with Crippen molar-refractivity contribution in [3.8, 4) is 0 Å². The third kappa shape index (κ3) is 5.50. The van der Waals surface area contributed by atoms with Gasteiger partial charge >= 0.3 is 0 Å². The lowest BCUT2D eigenvalue weighted by Crippen LogP contribution is -2.41. The molecule has 0 aliphatic carbocycles. The molecule has 1 rings (SSSR count). The van der Waals surface area contributed by atoms with Crippen LogP contribution in [0.5, 0.6) is 0 Å². The summed E-state index contributed by atoms with van der Waals surface area (Å²) in [6.07, 6.45) is 1.14. The monoisotopic (exact) mass is 311 g/mol. The molecule has 0 fully saturated rings. The Labute approximate surface area is 135 Å². The Balaban J connectivity index is 3.00. The van der Waals surface area contributed by atoms with Crippen molar-refractivity contribution in [1.29, 1.82) is 0 Å². The molecule has 1 aromatic rings. The summed E-state index contributed by atoms with van der Waals surface area (Å²) in [5.74, 6) is 0. The van der Waals surface area contributed by atoms with Gasteiger partial charge in [-0.1, -0.05) is 30.7 Å². The quantitative estimate of drug-likeness (QED) is 0.703. The number of anilines is 1. The molecule has 120 valence electrons. The van der Waals surface area contributed by atoms with Gasteiger partial charge in [0.1, 0.15) is 0 Å². The third-order valence-corrected chi connectivity index (χ3v) is 3.91. The van der Waals surface area contributed by atoms with E-state index in [1.807, 2.05) is 12.1 Å². The van der Waals surface area contributed by atoms with Crippen molar-refractivity contribution in [3.05, 3.63) is 28.8 Å². The standard InChI is InChI=1S/C17H30ClN3/c1-6-11-19-12-15-9-8-10-16(18)17(15)21(7-2)14(3)13-20(4)5/h8-10,14,19H,6-7,11-13H2,1-5H3. The van der Waals surface area contributed by atoms with Gasteiger partial charge in [0.15, 0.2) is 0 Å². The predicted molar refractivity (Wildman–Crippen MR) is 94.5 cm³/mol. The summed E-state index contributed by atoms with van der Waals surface area (Å²) in [6, 6.07) is 6.63. The summed E-state index contributed by atoms with van der Waals surface area (Å²) in [7, 11) is 4.22. The molecule has 0 saturated carbocycles. The number of para-hydroxylation sites is 1. The molecule has 0 spiro atoms. The summed E-state index contributed by atoms with van der Waals surface area (Å²) in [5.41, 5.74) is 2.46. The topological polar surface area (TPSA) is 18.5 Å². The molecule has 0 amide bonds. The number of rotatable bonds is 9. The molecule has 4 heteroatoms. The van der Waals surface area contributed by atoms with E-state index >= 15 is 0 Å². The van der Waals surface area contributed by atoms with Crippen LogP contribution in [0.1, 0.15) is 32.8 Å². The van der Waals surface area contributed by atoms with E-state index in [-0.39, 0.29) is 0 Å². The first-order valence-corrected chi connectivity index (χ1v) is 8.28. The number of hydrogen-bond acceptors (Lipinski definition) is 3. The Morgan fingerprint density at radius 1 is 1.24 bits per heavy atom. The first kappa shape index (κ1) is 18.3. The van der Waals surface area contributed by atoms with Crippen LogP contribution in [0.3, 0.4) is 0 Å². The molecule has 0 aromatic heterocycles. The average Bonchev–Trinajstić information content (AvgIpc) is 2.41. The molecule has 0 aliphatic heterocycles. The number of likely N-dealkylation sites (N-methyl/N-ethyl adjacent to an activating group) is 2.